The minimum absolute atomic E-state index is 0.0651. The molecule has 2 aliphatic rings. The highest BCUT2D eigenvalue weighted by Crippen LogP contribution is 2.35. The summed E-state index contributed by atoms with van der Waals surface area (Å²) in [6.45, 7) is 4.67. The van der Waals surface area contributed by atoms with Crippen LogP contribution in [0.3, 0.4) is 0 Å². The van der Waals surface area contributed by atoms with Crippen molar-refractivity contribution in [1.82, 2.24) is 14.9 Å². The topological polar surface area (TPSA) is 97.8 Å². The number of anilines is 3. The molecule has 0 aliphatic carbocycles. The second kappa shape index (κ2) is 10.9. The van der Waals surface area contributed by atoms with Crippen LogP contribution in [0.4, 0.5) is 17.3 Å². The van der Waals surface area contributed by atoms with Gasteiger partial charge in [0.25, 0.3) is 0 Å². The number of hydrogen-bond acceptors (Lipinski definition) is 8. The van der Waals surface area contributed by atoms with Crippen molar-refractivity contribution >= 4 is 23.2 Å². The Labute approximate surface area is 210 Å². The van der Waals surface area contributed by atoms with Gasteiger partial charge >= 0.3 is 0 Å². The summed E-state index contributed by atoms with van der Waals surface area (Å²) >= 11 is 0. The number of carbonyl (C=O) groups is 1. The van der Waals surface area contributed by atoms with E-state index in [4.69, 9.17) is 19.2 Å². The largest absolute Gasteiger partial charge is 0.493 e. The zero-order valence-corrected chi connectivity index (χ0v) is 20.7. The number of benzene rings is 2. The molecular weight excluding hydrogens is 458 g/mol. The number of fused-ring (bicyclic) bond motifs is 3. The van der Waals surface area contributed by atoms with Gasteiger partial charge in [-0.25, -0.2) is 9.97 Å². The van der Waals surface area contributed by atoms with Gasteiger partial charge in [0.05, 0.1) is 45.2 Å². The number of morpholine rings is 1. The number of amides is 1. The molecule has 5 rings (SSSR count). The third kappa shape index (κ3) is 5.42. The van der Waals surface area contributed by atoms with E-state index in [1.54, 1.807) is 20.4 Å². The van der Waals surface area contributed by atoms with Crippen LogP contribution in [0, 0.1) is 0 Å². The van der Waals surface area contributed by atoms with Crippen LogP contribution in [0.2, 0.25) is 0 Å². The summed E-state index contributed by atoms with van der Waals surface area (Å²) in [7, 11) is 3.20. The van der Waals surface area contributed by atoms with Crippen LogP contribution in [-0.4, -0.2) is 67.8 Å². The maximum Gasteiger partial charge on any atom is 0.228 e. The van der Waals surface area contributed by atoms with Crippen LogP contribution >= 0.6 is 0 Å². The van der Waals surface area contributed by atoms with Gasteiger partial charge in [0, 0.05) is 42.2 Å². The van der Waals surface area contributed by atoms with Gasteiger partial charge in [0.2, 0.25) is 11.9 Å². The number of ether oxygens (including phenoxy) is 3. The molecule has 2 N–H and O–H groups in total. The third-order valence-electron chi connectivity index (χ3n) is 6.51. The average molecular weight is 490 g/mol. The molecule has 0 unspecified atom stereocenters. The lowest BCUT2D eigenvalue weighted by molar-refractivity contribution is -0.115. The molecule has 36 heavy (non-hydrogen) atoms. The molecular formula is C27H31N5O4. The molecule has 188 valence electrons. The number of aryl methyl sites for hydroxylation is 1. The first kappa shape index (κ1) is 24.0. The summed E-state index contributed by atoms with van der Waals surface area (Å²) < 4.78 is 16.1. The summed E-state index contributed by atoms with van der Waals surface area (Å²) in [5, 5.41) is 6.30. The van der Waals surface area contributed by atoms with Crippen molar-refractivity contribution in [2.24, 2.45) is 0 Å². The molecule has 0 bridgehead atoms. The van der Waals surface area contributed by atoms with Gasteiger partial charge in [-0.05, 0) is 43.1 Å². The summed E-state index contributed by atoms with van der Waals surface area (Å²) in [6, 6.07) is 11.8. The van der Waals surface area contributed by atoms with E-state index in [1.807, 2.05) is 18.2 Å². The maximum atomic E-state index is 12.6. The lowest BCUT2D eigenvalue weighted by Crippen LogP contribution is -2.36. The van der Waals surface area contributed by atoms with Gasteiger partial charge < -0.3 is 24.8 Å². The second-order valence-corrected chi connectivity index (χ2v) is 8.92. The van der Waals surface area contributed by atoms with Crippen LogP contribution in [0.1, 0.15) is 17.5 Å². The van der Waals surface area contributed by atoms with Gasteiger partial charge in [0.1, 0.15) is 0 Å². The highest BCUT2D eigenvalue weighted by atomic mass is 16.5. The Bertz CT molecular complexity index is 1240. The van der Waals surface area contributed by atoms with E-state index in [-0.39, 0.29) is 12.3 Å². The minimum Gasteiger partial charge on any atom is -0.493 e. The number of methoxy groups -OCH3 is 2. The first-order chi connectivity index (χ1) is 17.6. The zero-order valence-electron chi connectivity index (χ0n) is 20.7. The number of nitrogens with one attached hydrogen (secondary N) is 2. The molecule has 0 spiro atoms. The van der Waals surface area contributed by atoms with E-state index in [0.717, 1.165) is 73.9 Å². The number of aromatic nitrogens is 2. The van der Waals surface area contributed by atoms with Crippen molar-refractivity contribution in [3.05, 3.63) is 53.7 Å². The Morgan fingerprint density at radius 1 is 1.08 bits per heavy atom. The molecule has 1 amide bonds. The lowest BCUT2D eigenvalue weighted by Gasteiger charge is -2.26. The molecule has 9 heteroatoms. The number of carbonyl (C=O) groups excluding carboxylic acids is 1. The van der Waals surface area contributed by atoms with E-state index >= 15 is 0 Å². The molecule has 2 aromatic carbocycles. The Balaban J connectivity index is 1.36. The van der Waals surface area contributed by atoms with E-state index in [0.29, 0.717) is 17.4 Å². The molecule has 1 aromatic heterocycles. The summed E-state index contributed by atoms with van der Waals surface area (Å²) in [5.74, 6) is 1.63. The number of nitrogens with zero attached hydrogens (tertiary/aromatic N) is 3. The smallest absolute Gasteiger partial charge is 0.228 e. The first-order valence-electron chi connectivity index (χ1n) is 12.2. The molecule has 0 atom stereocenters. The van der Waals surface area contributed by atoms with Crippen LogP contribution < -0.4 is 20.1 Å². The Hall–Kier alpha value is -3.69. The Kier molecular flexibility index (Phi) is 7.29. The van der Waals surface area contributed by atoms with Crippen molar-refractivity contribution < 1.29 is 19.0 Å². The fraction of sp³-hybridized carbons (Fsp3) is 0.370. The maximum absolute atomic E-state index is 12.6. The predicted octanol–water partition coefficient (Wildman–Crippen LogP) is 3.66. The Morgan fingerprint density at radius 2 is 1.92 bits per heavy atom. The van der Waals surface area contributed by atoms with Crippen molar-refractivity contribution in [3.63, 3.8) is 0 Å². The first-order valence-corrected chi connectivity index (χ1v) is 12.2. The number of hydrogen-bond donors (Lipinski definition) is 2. The van der Waals surface area contributed by atoms with Gasteiger partial charge in [0.15, 0.2) is 11.5 Å². The fourth-order valence-corrected chi connectivity index (χ4v) is 4.63. The quantitative estimate of drug-likeness (QED) is 0.495. The van der Waals surface area contributed by atoms with Gasteiger partial charge in [-0.2, -0.15) is 0 Å². The van der Waals surface area contributed by atoms with Crippen molar-refractivity contribution in [2.45, 2.75) is 19.3 Å². The summed E-state index contributed by atoms with van der Waals surface area (Å²) in [4.78, 5) is 24.3. The van der Waals surface area contributed by atoms with Crippen LogP contribution in [-0.2, 0) is 22.4 Å². The van der Waals surface area contributed by atoms with E-state index in [1.165, 1.54) is 5.56 Å². The van der Waals surface area contributed by atoms with Crippen molar-refractivity contribution in [3.8, 4) is 22.8 Å². The second-order valence-electron chi connectivity index (χ2n) is 8.92. The molecule has 3 heterocycles. The molecule has 9 nitrogen and oxygen atoms in total. The highest BCUT2D eigenvalue weighted by molar-refractivity contribution is 6.00. The van der Waals surface area contributed by atoms with E-state index < -0.39 is 0 Å². The predicted molar refractivity (Wildman–Crippen MR) is 138 cm³/mol. The monoisotopic (exact) mass is 489 g/mol. The van der Waals surface area contributed by atoms with E-state index in [2.05, 4.69) is 38.7 Å². The molecule has 0 saturated carbocycles. The summed E-state index contributed by atoms with van der Waals surface area (Å²) in [6.07, 6.45) is 3.96. The standard InChI is InChI=1S/C27H31N5O4/c1-34-23-8-6-20(16-24(23)35-2)29-27-28-17-19-15-25(33)30-22-14-18(5-7-21(22)26(19)31-27)4-3-9-32-10-12-36-13-11-32/h5-8,14,16-17H,3-4,9-13,15H2,1-2H3,(H,30,33)(H,28,29,31). The van der Waals surface area contributed by atoms with Crippen molar-refractivity contribution in [2.75, 3.05) is 57.7 Å². The van der Waals surface area contributed by atoms with Gasteiger partial charge in [-0.1, -0.05) is 12.1 Å². The third-order valence-corrected chi connectivity index (χ3v) is 6.51. The Morgan fingerprint density at radius 3 is 2.72 bits per heavy atom. The molecule has 2 aliphatic heterocycles. The average Bonchev–Trinajstić information content (AvgIpc) is 3.04. The highest BCUT2D eigenvalue weighted by Gasteiger charge is 2.22. The fourth-order valence-electron chi connectivity index (χ4n) is 4.63. The van der Waals surface area contributed by atoms with Crippen LogP contribution in [0.5, 0.6) is 11.5 Å². The van der Waals surface area contributed by atoms with Gasteiger partial charge in [-0.15, -0.1) is 0 Å². The summed E-state index contributed by atoms with van der Waals surface area (Å²) in [5.41, 5.74) is 5.20. The van der Waals surface area contributed by atoms with Crippen LogP contribution in [0.25, 0.3) is 11.3 Å². The normalized spacial score (nSPS) is 15.3. The molecule has 0 radical (unpaired) electrons. The number of rotatable bonds is 8. The SMILES string of the molecule is COc1ccc(Nc2ncc3c(n2)-c2ccc(CCCN4CCOCC4)cc2NC(=O)C3)cc1OC. The molecule has 1 fully saturated rings. The van der Waals surface area contributed by atoms with Crippen LogP contribution in [0.15, 0.2) is 42.6 Å². The zero-order chi connectivity index (χ0) is 24.9. The molecule has 3 aromatic rings. The lowest BCUT2D eigenvalue weighted by atomic mass is 10.0. The molecule has 1 saturated heterocycles. The van der Waals surface area contributed by atoms with Gasteiger partial charge in [-0.3, -0.25) is 9.69 Å². The minimum atomic E-state index is -0.0651. The van der Waals surface area contributed by atoms with E-state index in [9.17, 15) is 4.79 Å². The van der Waals surface area contributed by atoms with Crippen molar-refractivity contribution in [1.29, 1.82) is 0 Å².